The minimum Gasteiger partial charge on any atom is -0.343 e. The summed E-state index contributed by atoms with van der Waals surface area (Å²) < 4.78 is 0. The first-order valence-corrected chi connectivity index (χ1v) is 8.18. The Morgan fingerprint density at radius 2 is 1.76 bits per heavy atom. The van der Waals surface area contributed by atoms with Gasteiger partial charge in [0.2, 0.25) is 0 Å². The van der Waals surface area contributed by atoms with Gasteiger partial charge in [0.1, 0.15) is 5.69 Å². The van der Waals surface area contributed by atoms with Gasteiger partial charge in [-0.1, -0.05) is 44.2 Å². The molecule has 0 aliphatic rings. The summed E-state index contributed by atoms with van der Waals surface area (Å²) in [6.45, 7) is 4.11. The third-order valence-electron chi connectivity index (χ3n) is 3.76. The quantitative estimate of drug-likeness (QED) is 0.877. The van der Waals surface area contributed by atoms with Gasteiger partial charge in [0.15, 0.2) is 0 Å². The fraction of sp³-hybridized carbons (Fsp3) is 0.316. The summed E-state index contributed by atoms with van der Waals surface area (Å²) in [5.74, 6) is 0.0184. The van der Waals surface area contributed by atoms with Crippen LogP contribution in [0.2, 0.25) is 0 Å². The second-order valence-corrected chi connectivity index (χ2v) is 6.36. The molecule has 6 heteroatoms. The minimum absolute atomic E-state index is 0.106. The molecule has 3 amide bonds. The molecular formula is C19H24N4O2. The molecule has 2 aromatic rings. The molecule has 0 bridgehead atoms. The number of benzene rings is 1. The molecule has 2 rings (SSSR count). The SMILES string of the molecule is CC(C)[C@@H](NC(=O)Nc1ccnc(C(=O)N(C)C)c1)c1ccccc1. The number of hydrogen-bond acceptors (Lipinski definition) is 3. The highest BCUT2D eigenvalue weighted by atomic mass is 16.2. The number of anilines is 1. The number of carbonyl (C=O) groups excluding carboxylic acids is 2. The van der Waals surface area contributed by atoms with Gasteiger partial charge < -0.3 is 15.5 Å². The molecule has 0 unspecified atom stereocenters. The fourth-order valence-corrected chi connectivity index (χ4v) is 2.46. The smallest absolute Gasteiger partial charge is 0.319 e. The lowest BCUT2D eigenvalue weighted by molar-refractivity contribution is 0.0822. The number of nitrogens with zero attached hydrogens (tertiary/aromatic N) is 2. The van der Waals surface area contributed by atoms with Crippen molar-refractivity contribution in [1.82, 2.24) is 15.2 Å². The van der Waals surface area contributed by atoms with Crippen molar-refractivity contribution in [3.8, 4) is 0 Å². The van der Waals surface area contributed by atoms with Crippen LogP contribution in [-0.2, 0) is 0 Å². The van der Waals surface area contributed by atoms with Crippen molar-refractivity contribution in [2.24, 2.45) is 5.92 Å². The summed E-state index contributed by atoms with van der Waals surface area (Å²) in [6.07, 6.45) is 1.50. The second-order valence-electron chi connectivity index (χ2n) is 6.36. The summed E-state index contributed by atoms with van der Waals surface area (Å²) in [7, 11) is 3.31. The molecule has 0 aliphatic carbocycles. The van der Waals surface area contributed by atoms with Gasteiger partial charge in [0.25, 0.3) is 5.91 Å². The highest BCUT2D eigenvalue weighted by Crippen LogP contribution is 2.21. The Hall–Kier alpha value is -2.89. The van der Waals surface area contributed by atoms with Crippen molar-refractivity contribution in [3.05, 3.63) is 59.9 Å². The predicted octanol–water partition coefficient (Wildman–Crippen LogP) is 3.30. The third-order valence-corrected chi connectivity index (χ3v) is 3.76. The number of urea groups is 1. The Labute approximate surface area is 148 Å². The summed E-state index contributed by atoms with van der Waals surface area (Å²) in [4.78, 5) is 29.8. The molecule has 1 atom stereocenters. The van der Waals surface area contributed by atoms with E-state index in [9.17, 15) is 9.59 Å². The zero-order chi connectivity index (χ0) is 18.4. The predicted molar refractivity (Wildman–Crippen MR) is 98.4 cm³/mol. The first-order valence-electron chi connectivity index (χ1n) is 8.18. The van der Waals surface area contributed by atoms with E-state index in [1.54, 1.807) is 26.2 Å². The number of amides is 3. The van der Waals surface area contributed by atoms with Gasteiger partial charge in [0.05, 0.1) is 6.04 Å². The van der Waals surface area contributed by atoms with Crippen molar-refractivity contribution < 1.29 is 9.59 Å². The molecule has 2 N–H and O–H groups in total. The van der Waals surface area contributed by atoms with Crippen molar-refractivity contribution in [2.75, 3.05) is 19.4 Å². The molecule has 6 nitrogen and oxygen atoms in total. The largest absolute Gasteiger partial charge is 0.343 e. The zero-order valence-corrected chi connectivity index (χ0v) is 15.0. The molecule has 1 heterocycles. The van der Waals surface area contributed by atoms with Crippen LogP contribution in [0.1, 0.15) is 35.9 Å². The normalized spacial score (nSPS) is 11.7. The lowest BCUT2D eigenvalue weighted by atomic mass is 9.96. The molecule has 25 heavy (non-hydrogen) atoms. The third kappa shape index (κ3) is 5.04. The molecule has 132 valence electrons. The van der Waals surface area contributed by atoms with E-state index in [0.717, 1.165) is 5.56 Å². The Balaban J connectivity index is 2.09. The lowest BCUT2D eigenvalue weighted by Gasteiger charge is -2.23. The van der Waals surface area contributed by atoms with E-state index >= 15 is 0 Å². The minimum atomic E-state index is -0.322. The van der Waals surface area contributed by atoms with Crippen LogP contribution in [0.15, 0.2) is 48.7 Å². The van der Waals surface area contributed by atoms with Crippen LogP contribution in [0.3, 0.4) is 0 Å². The molecule has 0 fully saturated rings. The maximum Gasteiger partial charge on any atom is 0.319 e. The number of nitrogens with one attached hydrogen (secondary N) is 2. The Bertz CT molecular complexity index is 729. The zero-order valence-electron chi connectivity index (χ0n) is 15.0. The molecule has 0 saturated carbocycles. The molecule has 1 aromatic carbocycles. The van der Waals surface area contributed by atoms with Gasteiger partial charge in [-0.3, -0.25) is 9.78 Å². The van der Waals surface area contributed by atoms with Crippen LogP contribution in [-0.4, -0.2) is 35.9 Å². The van der Waals surface area contributed by atoms with Crippen molar-refractivity contribution in [3.63, 3.8) is 0 Å². The monoisotopic (exact) mass is 340 g/mol. The van der Waals surface area contributed by atoms with E-state index in [4.69, 9.17) is 0 Å². The summed E-state index contributed by atoms with van der Waals surface area (Å²) in [5.41, 5.74) is 1.85. The molecule has 1 aromatic heterocycles. The highest BCUT2D eigenvalue weighted by Gasteiger charge is 2.18. The average molecular weight is 340 g/mol. The first-order chi connectivity index (χ1) is 11.9. The number of pyridine rings is 1. The van der Waals surface area contributed by atoms with Gasteiger partial charge in [-0.25, -0.2) is 4.79 Å². The second kappa shape index (κ2) is 8.28. The molecule has 0 radical (unpaired) electrons. The van der Waals surface area contributed by atoms with Crippen LogP contribution in [0.25, 0.3) is 0 Å². The average Bonchev–Trinajstić information content (AvgIpc) is 2.59. The Morgan fingerprint density at radius 3 is 2.36 bits per heavy atom. The van der Waals surface area contributed by atoms with Crippen LogP contribution in [0.4, 0.5) is 10.5 Å². The fourth-order valence-electron chi connectivity index (χ4n) is 2.46. The Kier molecular flexibility index (Phi) is 6.11. The van der Waals surface area contributed by atoms with E-state index in [2.05, 4.69) is 29.5 Å². The van der Waals surface area contributed by atoms with Gasteiger partial charge in [-0.2, -0.15) is 0 Å². The Morgan fingerprint density at radius 1 is 1.08 bits per heavy atom. The van der Waals surface area contributed by atoms with E-state index < -0.39 is 0 Å². The van der Waals surface area contributed by atoms with Gasteiger partial charge >= 0.3 is 6.03 Å². The van der Waals surface area contributed by atoms with E-state index in [1.165, 1.54) is 11.1 Å². The summed E-state index contributed by atoms with van der Waals surface area (Å²) in [6, 6.07) is 12.6. The first kappa shape index (κ1) is 18.4. The topological polar surface area (TPSA) is 74.3 Å². The van der Waals surface area contributed by atoms with E-state index in [0.29, 0.717) is 5.69 Å². The standard InChI is InChI=1S/C19H24N4O2/c1-13(2)17(14-8-6-5-7-9-14)22-19(25)21-15-10-11-20-16(12-15)18(24)23(3)4/h5-13,17H,1-4H3,(H2,20,21,22,25)/t17-/m1/s1. The molecular weight excluding hydrogens is 316 g/mol. The van der Waals surface area contributed by atoms with Crippen molar-refractivity contribution in [2.45, 2.75) is 19.9 Å². The molecule has 0 saturated heterocycles. The van der Waals surface area contributed by atoms with Crippen LogP contribution in [0, 0.1) is 5.92 Å². The van der Waals surface area contributed by atoms with Crippen molar-refractivity contribution in [1.29, 1.82) is 0 Å². The van der Waals surface area contributed by atoms with Crippen molar-refractivity contribution >= 4 is 17.6 Å². The number of rotatable bonds is 5. The highest BCUT2D eigenvalue weighted by molar-refractivity contribution is 5.95. The molecule has 0 spiro atoms. The van der Waals surface area contributed by atoms with Gasteiger partial charge in [-0.05, 0) is 23.6 Å². The molecule has 0 aliphatic heterocycles. The summed E-state index contributed by atoms with van der Waals surface area (Å²) in [5, 5.41) is 5.76. The van der Waals surface area contributed by atoms with Crippen LogP contribution >= 0.6 is 0 Å². The lowest BCUT2D eigenvalue weighted by Crippen LogP contribution is -2.35. The number of carbonyl (C=O) groups is 2. The number of aromatic nitrogens is 1. The van der Waals surface area contributed by atoms with Crippen LogP contribution < -0.4 is 10.6 Å². The number of hydrogen-bond donors (Lipinski definition) is 2. The summed E-state index contributed by atoms with van der Waals surface area (Å²) >= 11 is 0. The van der Waals surface area contributed by atoms with Gasteiger partial charge in [0, 0.05) is 26.0 Å². The maximum absolute atomic E-state index is 12.4. The van der Waals surface area contributed by atoms with Crippen LogP contribution in [0.5, 0.6) is 0 Å². The van der Waals surface area contributed by atoms with Gasteiger partial charge in [-0.15, -0.1) is 0 Å². The maximum atomic E-state index is 12.4. The van der Waals surface area contributed by atoms with E-state index in [-0.39, 0.29) is 29.6 Å². The van der Waals surface area contributed by atoms with E-state index in [1.807, 2.05) is 30.3 Å².